The number of ether oxygens (including phenoxy) is 2. The van der Waals surface area contributed by atoms with Gasteiger partial charge in [0.15, 0.2) is 18.1 Å². The molecule has 0 aliphatic rings. The Bertz CT molecular complexity index is 497. The third-order valence-electron chi connectivity index (χ3n) is 2.43. The normalized spacial score (nSPS) is 12.2. The molecule has 0 radical (unpaired) electrons. The van der Waals surface area contributed by atoms with Crippen LogP contribution in [0.3, 0.4) is 0 Å². The summed E-state index contributed by atoms with van der Waals surface area (Å²) in [5, 5.41) is 13.1. The summed E-state index contributed by atoms with van der Waals surface area (Å²) in [6, 6.07) is 5.25. The predicted molar refractivity (Wildman–Crippen MR) is 62.3 cm³/mol. The van der Waals surface area contributed by atoms with E-state index in [1.807, 2.05) is 0 Å². The molecule has 1 heterocycles. The number of aromatic nitrogens is 2. The summed E-state index contributed by atoms with van der Waals surface area (Å²) in [5.41, 5.74) is 0.763. The van der Waals surface area contributed by atoms with Gasteiger partial charge in [-0.3, -0.25) is 0 Å². The van der Waals surface area contributed by atoms with Crippen molar-refractivity contribution in [2.24, 2.45) is 0 Å². The molecule has 0 saturated heterocycles. The van der Waals surface area contributed by atoms with Crippen molar-refractivity contribution in [3.05, 3.63) is 36.0 Å². The summed E-state index contributed by atoms with van der Waals surface area (Å²) in [6.45, 7) is 1.88. The second-order valence-electron chi connectivity index (χ2n) is 3.72. The van der Waals surface area contributed by atoms with Crippen molar-refractivity contribution in [2.45, 2.75) is 19.6 Å². The first kappa shape index (κ1) is 12.4. The standard InChI is InChI=1S/C12H14N2O4/c1-8(15)9-3-4-10(11(5-9)16-2)17-6-12-13-7-18-14-12/h3-5,7-8,15H,6H2,1-2H3. The molecule has 0 bridgehead atoms. The van der Waals surface area contributed by atoms with Gasteiger partial charge in [0, 0.05) is 0 Å². The minimum Gasteiger partial charge on any atom is -0.493 e. The molecule has 0 amide bonds. The topological polar surface area (TPSA) is 77.6 Å². The van der Waals surface area contributed by atoms with Crippen molar-refractivity contribution >= 4 is 0 Å². The first-order valence-electron chi connectivity index (χ1n) is 5.44. The molecule has 0 aliphatic carbocycles. The molecule has 1 N–H and O–H groups in total. The molecule has 0 aliphatic heterocycles. The second kappa shape index (κ2) is 5.50. The van der Waals surface area contributed by atoms with Crippen LogP contribution in [0.25, 0.3) is 0 Å². The lowest BCUT2D eigenvalue weighted by molar-refractivity contribution is 0.198. The highest BCUT2D eigenvalue weighted by molar-refractivity contribution is 5.43. The summed E-state index contributed by atoms with van der Waals surface area (Å²) >= 11 is 0. The van der Waals surface area contributed by atoms with E-state index in [4.69, 9.17) is 9.47 Å². The number of methoxy groups -OCH3 is 1. The zero-order valence-corrected chi connectivity index (χ0v) is 10.2. The lowest BCUT2D eigenvalue weighted by atomic mass is 10.1. The molecule has 2 aromatic rings. The smallest absolute Gasteiger partial charge is 0.213 e. The van der Waals surface area contributed by atoms with Crippen LogP contribution in [0.4, 0.5) is 0 Å². The zero-order valence-electron chi connectivity index (χ0n) is 10.2. The molecular formula is C12H14N2O4. The Morgan fingerprint density at radius 1 is 1.39 bits per heavy atom. The highest BCUT2D eigenvalue weighted by Gasteiger charge is 2.09. The van der Waals surface area contributed by atoms with E-state index in [1.165, 1.54) is 6.39 Å². The lowest BCUT2D eigenvalue weighted by Crippen LogP contribution is -2.00. The van der Waals surface area contributed by atoms with Crippen molar-refractivity contribution in [3.63, 3.8) is 0 Å². The fourth-order valence-electron chi connectivity index (χ4n) is 1.46. The van der Waals surface area contributed by atoms with E-state index in [1.54, 1.807) is 32.2 Å². The maximum atomic E-state index is 9.49. The Hall–Kier alpha value is -2.08. The van der Waals surface area contributed by atoms with Gasteiger partial charge >= 0.3 is 0 Å². The van der Waals surface area contributed by atoms with Gasteiger partial charge in [-0.15, -0.1) is 0 Å². The molecule has 0 spiro atoms. The fourth-order valence-corrected chi connectivity index (χ4v) is 1.46. The van der Waals surface area contributed by atoms with E-state index >= 15 is 0 Å². The maximum absolute atomic E-state index is 9.49. The van der Waals surface area contributed by atoms with Crippen LogP contribution in [0.2, 0.25) is 0 Å². The lowest BCUT2D eigenvalue weighted by Gasteiger charge is -2.12. The molecule has 96 valence electrons. The van der Waals surface area contributed by atoms with Gasteiger partial charge in [-0.1, -0.05) is 11.2 Å². The average molecular weight is 250 g/mol. The molecule has 18 heavy (non-hydrogen) atoms. The maximum Gasteiger partial charge on any atom is 0.213 e. The largest absolute Gasteiger partial charge is 0.493 e. The van der Waals surface area contributed by atoms with Gasteiger partial charge in [-0.25, -0.2) is 0 Å². The van der Waals surface area contributed by atoms with Gasteiger partial charge in [-0.05, 0) is 24.6 Å². The summed E-state index contributed by atoms with van der Waals surface area (Å²) in [4.78, 5) is 3.85. The molecule has 2 rings (SSSR count). The summed E-state index contributed by atoms with van der Waals surface area (Å²) < 4.78 is 15.3. The molecule has 0 fully saturated rings. The Kier molecular flexibility index (Phi) is 3.78. The van der Waals surface area contributed by atoms with E-state index in [0.29, 0.717) is 17.3 Å². The molecular weight excluding hydrogens is 236 g/mol. The van der Waals surface area contributed by atoms with Gasteiger partial charge in [-0.2, -0.15) is 4.98 Å². The predicted octanol–water partition coefficient (Wildman–Crippen LogP) is 1.71. The summed E-state index contributed by atoms with van der Waals surface area (Å²) in [6.07, 6.45) is 0.692. The van der Waals surface area contributed by atoms with Gasteiger partial charge in [0.2, 0.25) is 12.2 Å². The number of nitrogens with zero attached hydrogens (tertiary/aromatic N) is 2. The zero-order chi connectivity index (χ0) is 13.0. The van der Waals surface area contributed by atoms with E-state index < -0.39 is 6.10 Å². The molecule has 1 aromatic heterocycles. The molecule has 1 atom stereocenters. The van der Waals surface area contributed by atoms with E-state index in [9.17, 15) is 5.11 Å². The van der Waals surface area contributed by atoms with Crippen LogP contribution in [-0.2, 0) is 6.61 Å². The van der Waals surface area contributed by atoms with Crippen LogP contribution >= 0.6 is 0 Å². The third-order valence-corrected chi connectivity index (χ3v) is 2.43. The van der Waals surface area contributed by atoms with Gasteiger partial charge in [0.1, 0.15) is 0 Å². The number of hydrogen-bond acceptors (Lipinski definition) is 6. The minimum absolute atomic E-state index is 0.195. The van der Waals surface area contributed by atoms with Crippen LogP contribution in [0.15, 0.2) is 29.1 Å². The van der Waals surface area contributed by atoms with Crippen molar-refractivity contribution in [1.82, 2.24) is 10.1 Å². The average Bonchev–Trinajstić information content (AvgIpc) is 2.89. The Labute approximate surface area is 104 Å². The number of aliphatic hydroxyl groups excluding tert-OH is 1. The highest BCUT2D eigenvalue weighted by Crippen LogP contribution is 2.30. The van der Waals surface area contributed by atoms with Gasteiger partial charge < -0.3 is 19.1 Å². The van der Waals surface area contributed by atoms with Crippen LogP contribution in [0.1, 0.15) is 24.4 Å². The van der Waals surface area contributed by atoms with Crippen molar-refractivity contribution in [1.29, 1.82) is 0 Å². The van der Waals surface area contributed by atoms with E-state index in [2.05, 4.69) is 14.7 Å². The molecule has 6 heteroatoms. The van der Waals surface area contributed by atoms with Crippen molar-refractivity contribution in [2.75, 3.05) is 7.11 Å². The van der Waals surface area contributed by atoms with Crippen LogP contribution in [-0.4, -0.2) is 22.4 Å². The van der Waals surface area contributed by atoms with Crippen molar-refractivity contribution < 1.29 is 19.1 Å². The quantitative estimate of drug-likeness (QED) is 0.870. The van der Waals surface area contributed by atoms with Gasteiger partial charge in [0.25, 0.3) is 0 Å². The summed E-state index contributed by atoms with van der Waals surface area (Å²) in [7, 11) is 1.54. The number of rotatable bonds is 5. The second-order valence-corrected chi connectivity index (χ2v) is 3.72. The fraction of sp³-hybridized carbons (Fsp3) is 0.333. The molecule has 1 aromatic carbocycles. The Morgan fingerprint density at radius 3 is 2.83 bits per heavy atom. The van der Waals surface area contributed by atoms with E-state index in [-0.39, 0.29) is 6.61 Å². The Balaban J connectivity index is 2.12. The number of aliphatic hydroxyl groups is 1. The minimum atomic E-state index is -0.551. The highest BCUT2D eigenvalue weighted by atomic mass is 16.5. The van der Waals surface area contributed by atoms with Crippen LogP contribution < -0.4 is 9.47 Å². The van der Waals surface area contributed by atoms with Crippen LogP contribution in [0.5, 0.6) is 11.5 Å². The van der Waals surface area contributed by atoms with E-state index in [0.717, 1.165) is 5.56 Å². The first-order chi connectivity index (χ1) is 8.70. The molecule has 6 nitrogen and oxygen atoms in total. The number of hydrogen-bond donors (Lipinski definition) is 1. The monoisotopic (exact) mass is 250 g/mol. The Morgan fingerprint density at radius 2 is 2.22 bits per heavy atom. The number of benzene rings is 1. The van der Waals surface area contributed by atoms with Crippen LogP contribution in [0, 0.1) is 0 Å². The van der Waals surface area contributed by atoms with Crippen molar-refractivity contribution in [3.8, 4) is 11.5 Å². The SMILES string of the molecule is COc1cc(C(C)O)ccc1OCc1ncon1. The molecule has 1 unspecified atom stereocenters. The van der Waals surface area contributed by atoms with Gasteiger partial charge in [0.05, 0.1) is 13.2 Å². The summed E-state index contributed by atoms with van der Waals surface area (Å²) in [5.74, 6) is 1.57. The third kappa shape index (κ3) is 2.78. The molecule has 0 saturated carbocycles. The first-order valence-corrected chi connectivity index (χ1v) is 5.44.